The Morgan fingerprint density at radius 1 is 1.22 bits per heavy atom. The number of carbonyl (C=O) groups is 2. The zero-order valence-corrected chi connectivity index (χ0v) is 17.0. The standard InChI is InChI=1S/C22H24N2O2S/c1-6-14(3)24-21(25)20(27-22(24)26)13-18-12-15(4)23(16(18)5)19-11-9-8-10-17(19)7-2/h6,8-14H,1,7H2,2-5H3/b20-13-/t14-/m0/s1. The highest BCUT2D eigenvalue weighted by atomic mass is 32.2. The van der Waals surface area contributed by atoms with Crippen LogP contribution in [0.5, 0.6) is 0 Å². The van der Waals surface area contributed by atoms with Crippen molar-refractivity contribution in [2.75, 3.05) is 0 Å². The molecule has 1 aromatic carbocycles. The molecule has 0 spiro atoms. The van der Waals surface area contributed by atoms with Crippen LogP contribution in [0.2, 0.25) is 0 Å². The molecular weight excluding hydrogens is 356 g/mol. The summed E-state index contributed by atoms with van der Waals surface area (Å²) in [7, 11) is 0. The van der Waals surface area contributed by atoms with E-state index in [4.69, 9.17) is 0 Å². The molecule has 1 saturated heterocycles. The second kappa shape index (κ2) is 7.61. The first-order valence-corrected chi connectivity index (χ1v) is 9.87. The maximum absolute atomic E-state index is 12.7. The van der Waals surface area contributed by atoms with Crippen LogP contribution in [0.15, 0.2) is 47.9 Å². The first-order chi connectivity index (χ1) is 12.9. The van der Waals surface area contributed by atoms with Crippen molar-refractivity contribution in [1.82, 2.24) is 9.47 Å². The van der Waals surface area contributed by atoms with Gasteiger partial charge in [0.1, 0.15) is 0 Å². The number of benzene rings is 1. The number of thioether (sulfide) groups is 1. The van der Waals surface area contributed by atoms with Gasteiger partial charge in [0.2, 0.25) is 0 Å². The van der Waals surface area contributed by atoms with Crippen molar-refractivity contribution in [3.05, 3.63) is 70.4 Å². The lowest BCUT2D eigenvalue weighted by atomic mass is 10.1. The molecule has 2 heterocycles. The lowest BCUT2D eigenvalue weighted by Gasteiger charge is -2.17. The van der Waals surface area contributed by atoms with Crippen LogP contribution >= 0.6 is 11.8 Å². The highest BCUT2D eigenvalue weighted by Gasteiger charge is 2.37. The summed E-state index contributed by atoms with van der Waals surface area (Å²) >= 11 is 0.989. The third kappa shape index (κ3) is 3.39. The van der Waals surface area contributed by atoms with Gasteiger partial charge >= 0.3 is 0 Å². The van der Waals surface area contributed by atoms with Crippen LogP contribution in [0.4, 0.5) is 4.79 Å². The molecule has 1 atom stereocenters. The van der Waals surface area contributed by atoms with E-state index in [9.17, 15) is 9.59 Å². The summed E-state index contributed by atoms with van der Waals surface area (Å²) in [6.45, 7) is 11.7. The first kappa shape index (κ1) is 19.2. The molecule has 5 heteroatoms. The maximum atomic E-state index is 12.7. The van der Waals surface area contributed by atoms with Gasteiger partial charge in [-0.25, -0.2) is 0 Å². The third-order valence-electron chi connectivity index (χ3n) is 4.94. The smallest absolute Gasteiger partial charge is 0.294 e. The lowest BCUT2D eigenvalue weighted by molar-refractivity contribution is -0.123. The van der Waals surface area contributed by atoms with Gasteiger partial charge in [-0.2, -0.15) is 0 Å². The number of amides is 2. The molecule has 27 heavy (non-hydrogen) atoms. The number of para-hydroxylation sites is 1. The number of aromatic nitrogens is 1. The number of aryl methyl sites for hydroxylation is 2. The fraction of sp³-hybridized carbons (Fsp3) is 0.273. The molecule has 0 saturated carbocycles. The lowest BCUT2D eigenvalue weighted by Crippen LogP contribution is -2.35. The minimum atomic E-state index is -0.313. The van der Waals surface area contributed by atoms with E-state index in [0.717, 1.165) is 40.8 Å². The number of hydrogen-bond donors (Lipinski definition) is 0. The second-order valence-electron chi connectivity index (χ2n) is 6.67. The molecule has 1 aliphatic rings. The third-order valence-corrected chi connectivity index (χ3v) is 5.83. The van der Waals surface area contributed by atoms with Crippen LogP contribution in [0.25, 0.3) is 11.8 Å². The maximum Gasteiger partial charge on any atom is 0.294 e. The average Bonchev–Trinajstić information content (AvgIpc) is 3.09. The number of nitrogens with zero attached hydrogens (tertiary/aromatic N) is 2. The molecule has 1 fully saturated rings. The second-order valence-corrected chi connectivity index (χ2v) is 7.67. The monoisotopic (exact) mass is 380 g/mol. The largest absolute Gasteiger partial charge is 0.318 e. The van der Waals surface area contributed by atoms with Gasteiger partial charge in [-0.3, -0.25) is 14.5 Å². The fourth-order valence-corrected chi connectivity index (χ4v) is 4.32. The van der Waals surface area contributed by atoms with Gasteiger partial charge in [0.05, 0.1) is 10.9 Å². The zero-order chi connectivity index (χ0) is 19.7. The van der Waals surface area contributed by atoms with Gasteiger partial charge in [-0.1, -0.05) is 31.2 Å². The summed E-state index contributed by atoms with van der Waals surface area (Å²) in [4.78, 5) is 26.6. The van der Waals surface area contributed by atoms with Crippen LogP contribution in [0.1, 0.15) is 36.4 Å². The molecule has 3 rings (SSSR count). The van der Waals surface area contributed by atoms with Crippen molar-refractivity contribution < 1.29 is 9.59 Å². The topological polar surface area (TPSA) is 42.3 Å². The van der Waals surface area contributed by atoms with Gasteiger partial charge in [0.15, 0.2) is 0 Å². The van der Waals surface area contributed by atoms with Crippen LogP contribution in [-0.4, -0.2) is 26.7 Å². The molecular formula is C22H24N2O2S. The Morgan fingerprint density at radius 3 is 2.59 bits per heavy atom. The van der Waals surface area contributed by atoms with Crippen molar-refractivity contribution in [2.24, 2.45) is 0 Å². The van der Waals surface area contributed by atoms with Gasteiger partial charge in [-0.15, -0.1) is 6.58 Å². The van der Waals surface area contributed by atoms with E-state index in [-0.39, 0.29) is 17.2 Å². The highest BCUT2D eigenvalue weighted by molar-refractivity contribution is 8.18. The Kier molecular flexibility index (Phi) is 5.42. The van der Waals surface area contributed by atoms with Gasteiger partial charge in [-0.05, 0) is 68.3 Å². The summed E-state index contributed by atoms with van der Waals surface area (Å²) in [5.74, 6) is -0.254. The highest BCUT2D eigenvalue weighted by Crippen LogP contribution is 2.35. The van der Waals surface area contributed by atoms with Crippen molar-refractivity contribution in [1.29, 1.82) is 0 Å². The van der Waals surface area contributed by atoms with Crippen LogP contribution < -0.4 is 0 Å². The quantitative estimate of drug-likeness (QED) is 0.524. The molecule has 1 aromatic heterocycles. The van der Waals surface area contributed by atoms with Gasteiger partial charge < -0.3 is 4.57 Å². The molecule has 140 valence electrons. The Balaban J connectivity index is 2.03. The van der Waals surface area contributed by atoms with Crippen LogP contribution in [0, 0.1) is 13.8 Å². The average molecular weight is 381 g/mol. The van der Waals surface area contributed by atoms with E-state index in [2.05, 4.69) is 43.2 Å². The van der Waals surface area contributed by atoms with Crippen molar-refractivity contribution in [3.8, 4) is 5.69 Å². The molecule has 2 aromatic rings. The normalized spacial score (nSPS) is 17.0. The molecule has 0 radical (unpaired) electrons. The zero-order valence-electron chi connectivity index (χ0n) is 16.2. The molecule has 2 amide bonds. The number of carbonyl (C=O) groups excluding carboxylic acids is 2. The van der Waals surface area contributed by atoms with E-state index in [1.165, 1.54) is 10.5 Å². The Bertz CT molecular complexity index is 955. The van der Waals surface area contributed by atoms with Gasteiger partial charge in [0, 0.05) is 17.1 Å². The number of rotatable bonds is 5. The van der Waals surface area contributed by atoms with Crippen LogP contribution in [0.3, 0.4) is 0 Å². The Labute approximate surface area is 164 Å². The summed E-state index contributed by atoms with van der Waals surface area (Å²) in [6.07, 6.45) is 4.38. The minimum absolute atomic E-state index is 0.246. The molecule has 1 aliphatic heterocycles. The molecule has 0 bridgehead atoms. The SMILES string of the molecule is C=C[C@H](C)N1C(=O)S/C(=C\c2cc(C)n(-c3ccccc3CC)c2C)C1=O. The van der Waals surface area contributed by atoms with E-state index in [1.807, 2.05) is 25.1 Å². The first-order valence-electron chi connectivity index (χ1n) is 9.05. The summed E-state index contributed by atoms with van der Waals surface area (Å²) in [5, 5.41) is -0.246. The van der Waals surface area contributed by atoms with E-state index in [0.29, 0.717) is 4.91 Å². The van der Waals surface area contributed by atoms with E-state index < -0.39 is 0 Å². The molecule has 0 N–H and O–H groups in total. The fourth-order valence-electron chi connectivity index (χ4n) is 3.41. The predicted octanol–water partition coefficient (Wildman–Crippen LogP) is 5.27. The summed E-state index contributed by atoms with van der Waals surface area (Å²) < 4.78 is 2.21. The van der Waals surface area contributed by atoms with Crippen LogP contribution in [-0.2, 0) is 11.2 Å². The molecule has 4 nitrogen and oxygen atoms in total. The molecule has 0 unspecified atom stereocenters. The summed E-state index contributed by atoms with van der Waals surface area (Å²) in [6, 6.07) is 10.1. The number of hydrogen-bond acceptors (Lipinski definition) is 3. The minimum Gasteiger partial charge on any atom is -0.318 e. The summed E-state index contributed by atoms with van der Waals surface area (Å²) in [5.41, 5.74) is 5.53. The van der Waals surface area contributed by atoms with E-state index >= 15 is 0 Å². The van der Waals surface area contributed by atoms with Gasteiger partial charge in [0.25, 0.3) is 11.1 Å². The van der Waals surface area contributed by atoms with Crippen molar-refractivity contribution in [3.63, 3.8) is 0 Å². The Hall–Kier alpha value is -2.53. The van der Waals surface area contributed by atoms with E-state index in [1.54, 1.807) is 13.0 Å². The number of imide groups is 1. The molecule has 0 aliphatic carbocycles. The van der Waals surface area contributed by atoms with Crippen molar-refractivity contribution in [2.45, 2.75) is 40.2 Å². The Morgan fingerprint density at radius 2 is 1.93 bits per heavy atom. The predicted molar refractivity (Wildman–Crippen MR) is 112 cm³/mol. The van der Waals surface area contributed by atoms with Crippen molar-refractivity contribution >= 4 is 29.0 Å².